The highest BCUT2D eigenvalue weighted by Crippen LogP contribution is 2.12. The molecule has 0 radical (unpaired) electrons. The molecule has 1 aromatic carbocycles. The minimum atomic E-state index is 0.313. The maximum absolute atomic E-state index is 11.4. The predicted octanol–water partition coefficient (Wildman–Crippen LogP) is 1.82. The zero-order valence-corrected chi connectivity index (χ0v) is 9.48. The molecule has 1 fully saturated rings. The number of rotatable bonds is 4. The summed E-state index contributed by atoms with van der Waals surface area (Å²) in [6, 6.07) is 7.97. The zero-order valence-electron chi connectivity index (χ0n) is 9.48. The van der Waals surface area contributed by atoms with Crippen LogP contribution in [0.3, 0.4) is 0 Å². The predicted molar refractivity (Wildman–Crippen MR) is 65.0 cm³/mol. The van der Waals surface area contributed by atoms with Gasteiger partial charge in [-0.15, -0.1) is 0 Å². The number of likely N-dealkylation sites (tertiary alicyclic amines) is 1. The van der Waals surface area contributed by atoms with Gasteiger partial charge in [0, 0.05) is 25.2 Å². The number of amides is 1. The van der Waals surface area contributed by atoms with E-state index in [4.69, 9.17) is 5.73 Å². The third kappa shape index (κ3) is 2.75. The topological polar surface area (TPSA) is 46.3 Å². The van der Waals surface area contributed by atoms with Crippen molar-refractivity contribution in [2.45, 2.75) is 25.7 Å². The van der Waals surface area contributed by atoms with Crippen molar-refractivity contribution in [1.29, 1.82) is 0 Å². The summed E-state index contributed by atoms with van der Waals surface area (Å²) >= 11 is 0. The second kappa shape index (κ2) is 5.01. The number of aryl methyl sites for hydroxylation is 1. The van der Waals surface area contributed by atoms with Gasteiger partial charge >= 0.3 is 0 Å². The van der Waals surface area contributed by atoms with E-state index in [1.807, 2.05) is 23.1 Å². The van der Waals surface area contributed by atoms with Gasteiger partial charge in [-0.3, -0.25) is 4.79 Å². The summed E-state index contributed by atoms with van der Waals surface area (Å²) in [6.07, 6.45) is 3.78. The van der Waals surface area contributed by atoms with Crippen LogP contribution < -0.4 is 5.73 Å². The second-order valence-corrected chi connectivity index (χ2v) is 4.33. The molecule has 0 bridgehead atoms. The zero-order chi connectivity index (χ0) is 11.4. The maximum atomic E-state index is 11.4. The van der Waals surface area contributed by atoms with Crippen molar-refractivity contribution < 1.29 is 4.79 Å². The van der Waals surface area contributed by atoms with E-state index in [0.717, 1.165) is 44.5 Å². The number of nitrogens with zero attached hydrogens (tertiary/aromatic N) is 1. The molecule has 1 aliphatic heterocycles. The van der Waals surface area contributed by atoms with Crippen LogP contribution in [0.25, 0.3) is 0 Å². The Morgan fingerprint density at radius 3 is 2.94 bits per heavy atom. The molecule has 0 saturated carbocycles. The van der Waals surface area contributed by atoms with E-state index in [2.05, 4.69) is 6.07 Å². The first-order chi connectivity index (χ1) is 7.75. The number of anilines is 1. The van der Waals surface area contributed by atoms with E-state index in [1.54, 1.807) is 0 Å². The summed E-state index contributed by atoms with van der Waals surface area (Å²) in [7, 11) is 0. The third-order valence-corrected chi connectivity index (χ3v) is 3.02. The van der Waals surface area contributed by atoms with Crippen molar-refractivity contribution in [3.8, 4) is 0 Å². The van der Waals surface area contributed by atoms with Crippen LogP contribution in [-0.2, 0) is 11.2 Å². The fraction of sp³-hybridized carbons (Fsp3) is 0.462. The van der Waals surface area contributed by atoms with Crippen LogP contribution >= 0.6 is 0 Å². The molecule has 1 amide bonds. The molecule has 16 heavy (non-hydrogen) atoms. The van der Waals surface area contributed by atoms with E-state index >= 15 is 0 Å². The van der Waals surface area contributed by atoms with Crippen LogP contribution in [0.1, 0.15) is 24.8 Å². The van der Waals surface area contributed by atoms with Crippen LogP contribution in [0.15, 0.2) is 24.3 Å². The summed E-state index contributed by atoms with van der Waals surface area (Å²) in [4.78, 5) is 13.3. The van der Waals surface area contributed by atoms with Crippen LogP contribution in [0.2, 0.25) is 0 Å². The summed E-state index contributed by atoms with van der Waals surface area (Å²) < 4.78 is 0. The fourth-order valence-corrected chi connectivity index (χ4v) is 2.16. The Morgan fingerprint density at radius 2 is 2.25 bits per heavy atom. The van der Waals surface area contributed by atoms with E-state index in [9.17, 15) is 4.79 Å². The van der Waals surface area contributed by atoms with Gasteiger partial charge in [0.2, 0.25) is 5.91 Å². The molecule has 3 heteroatoms. The number of carbonyl (C=O) groups excluding carboxylic acids is 1. The van der Waals surface area contributed by atoms with Crippen LogP contribution in [-0.4, -0.2) is 23.9 Å². The molecule has 2 rings (SSSR count). The molecule has 0 atom stereocenters. The molecule has 1 aliphatic rings. The maximum Gasteiger partial charge on any atom is 0.222 e. The number of carbonyl (C=O) groups is 1. The number of nitrogens with two attached hydrogens (primary N) is 1. The Morgan fingerprint density at radius 1 is 1.38 bits per heavy atom. The van der Waals surface area contributed by atoms with Crippen molar-refractivity contribution in [3.05, 3.63) is 29.8 Å². The molecule has 3 nitrogen and oxygen atoms in total. The first kappa shape index (κ1) is 11.0. The Hall–Kier alpha value is -1.51. The third-order valence-electron chi connectivity index (χ3n) is 3.02. The molecule has 1 aromatic rings. The average Bonchev–Trinajstić information content (AvgIpc) is 2.65. The molecule has 0 aliphatic carbocycles. The quantitative estimate of drug-likeness (QED) is 0.784. The average molecular weight is 218 g/mol. The van der Waals surface area contributed by atoms with E-state index in [-0.39, 0.29) is 0 Å². The summed E-state index contributed by atoms with van der Waals surface area (Å²) in [5.41, 5.74) is 7.78. The Kier molecular flexibility index (Phi) is 3.44. The highest BCUT2D eigenvalue weighted by Gasteiger charge is 2.18. The van der Waals surface area contributed by atoms with Gasteiger partial charge in [-0.05, 0) is 37.0 Å². The second-order valence-electron chi connectivity index (χ2n) is 4.33. The lowest BCUT2D eigenvalue weighted by Gasteiger charge is -2.14. The largest absolute Gasteiger partial charge is 0.399 e. The lowest BCUT2D eigenvalue weighted by atomic mass is 10.1. The van der Waals surface area contributed by atoms with Gasteiger partial charge in [0.25, 0.3) is 0 Å². The lowest BCUT2D eigenvalue weighted by molar-refractivity contribution is -0.127. The smallest absolute Gasteiger partial charge is 0.222 e. The number of nitrogen functional groups attached to an aromatic ring is 1. The number of benzene rings is 1. The van der Waals surface area contributed by atoms with Gasteiger partial charge in [-0.25, -0.2) is 0 Å². The van der Waals surface area contributed by atoms with Crippen molar-refractivity contribution >= 4 is 11.6 Å². The molecule has 0 unspecified atom stereocenters. The van der Waals surface area contributed by atoms with Crippen LogP contribution in [0, 0.1) is 0 Å². The van der Waals surface area contributed by atoms with E-state index < -0.39 is 0 Å². The molecule has 1 saturated heterocycles. The van der Waals surface area contributed by atoms with Gasteiger partial charge in [-0.1, -0.05) is 12.1 Å². The fourth-order valence-electron chi connectivity index (χ4n) is 2.16. The van der Waals surface area contributed by atoms with Gasteiger partial charge in [0.15, 0.2) is 0 Å². The Bertz CT molecular complexity index is 376. The van der Waals surface area contributed by atoms with Crippen LogP contribution in [0.4, 0.5) is 5.69 Å². The molecule has 2 N–H and O–H groups in total. The Labute approximate surface area is 96.2 Å². The monoisotopic (exact) mass is 218 g/mol. The highest BCUT2D eigenvalue weighted by atomic mass is 16.2. The summed E-state index contributed by atoms with van der Waals surface area (Å²) in [5, 5.41) is 0. The standard InChI is InChI=1S/C13H18N2O/c14-12-6-1-4-11(10-12)5-2-8-15-9-3-7-13(15)16/h1,4,6,10H,2-3,5,7-9,14H2. The van der Waals surface area contributed by atoms with Crippen molar-refractivity contribution in [2.75, 3.05) is 18.8 Å². The van der Waals surface area contributed by atoms with E-state index in [1.165, 1.54) is 5.56 Å². The Balaban J connectivity index is 1.77. The summed E-state index contributed by atoms with van der Waals surface area (Å²) in [5.74, 6) is 0.313. The minimum Gasteiger partial charge on any atom is -0.399 e. The van der Waals surface area contributed by atoms with Crippen LogP contribution in [0.5, 0.6) is 0 Å². The van der Waals surface area contributed by atoms with Crippen molar-refractivity contribution in [3.63, 3.8) is 0 Å². The van der Waals surface area contributed by atoms with Gasteiger partial charge in [0.05, 0.1) is 0 Å². The first-order valence-corrected chi connectivity index (χ1v) is 5.88. The number of hydrogen-bond donors (Lipinski definition) is 1. The molecule has 0 spiro atoms. The minimum absolute atomic E-state index is 0.313. The summed E-state index contributed by atoms with van der Waals surface area (Å²) in [6.45, 7) is 1.82. The molecule has 1 heterocycles. The molecule has 0 aromatic heterocycles. The first-order valence-electron chi connectivity index (χ1n) is 5.88. The van der Waals surface area contributed by atoms with Gasteiger partial charge in [0.1, 0.15) is 0 Å². The SMILES string of the molecule is Nc1cccc(CCCN2CCCC2=O)c1. The molecule has 86 valence electrons. The van der Waals surface area contributed by atoms with E-state index in [0.29, 0.717) is 5.91 Å². The molecular weight excluding hydrogens is 200 g/mol. The normalized spacial score (nSPS) is 15.8. The van der Waals surface area contributed by atoms with Crippen molar-refractivity contribution in [2.24, 2.45) is 0 Å². The lowest BCUT2D eigenvalue weighted by Crippen LogP contribution is -2.25. The van der Waals surface area contributed by atoms with Crippen molar-refractivity contribution in [1.82, 2.24) is 4.90 Å². The van der Waals surface area contributed by atoms with Gasteiger partial charge in [-0.2, -0.15) is 0 Å². The number of hydrogen-bond acceptors (Lipinski definition) is 2. The molecular formula is C13H18N2O. The van der Waals surface area contributed by atoms with Gasteiger partial charge < -0.3 is 10.6 Å². The highest BCUT2D eigenvalue weighted by molar-refractivity contribution is 5.77.